The van der Waals surface area contributed by atoms with Crippen molar-refractivity contribution in [2.24, 2.45) is 0 Å². The topological polar surface area (TPSA) is 66.0 Å². The molecule has 23 heavy (non-hydrogen) atoms. The van der Waals surface area contributed by atoms with E-state index in [1.165, 1.54) is 0 Å². The Morgan fingerprint density at radius 2 is 1.83 bits per heavy atom. The molecule has 2 aromatic rings. The van der Waals surface area contributed by atoms with Crippen molar-refractivity contribution in [3.8, 4) is 23.0 Å². The van der Waals surface area contributed by atoms with Gasteiger partial charge in [-0.05, 0) is 29.8 Å². The van der Waals surface area contributed by atoms with E-state index in [1.54, 1.807) is 44.6 Å². The van der Waals surface area contributed by atoms with Gasteiger partial charge in [0.15, 0.2) is 23.0 Å². The summed E-state index contributed by atoms with van der Waals surface area (Å²) in [6.45, 7) is 0.207. The fourth-order valence-electron chi connectivity index (χ4n) is 2.36. The van der Waals surface area contributed by atoms with Crippen LogP contribution in [0.1, 0.15) is 5.56 Å². The third-order valence-electron chi connectivity index (χ3n) is 3.47. The van der Waals surface area contributed by atoms with Crippen molar-refractivity contribution in [2.75, 3.05) is 26.3 Å². The lowest BCUT2D eigenvalue weighted by Gasteiger charge is -2.10. The molecule has 0 unspecified atom stereocenters. The average Bonchev–Trinajstić information content (AvgIpc) is 3.02. The molecule has 6 heteroatoms. The number of hydrogen-bond acceptors (Lipinski definition) is 5. The molecule has 1 N–H and O–H groups in total. The first kappa shape index (κ1) is 15.0. The molecule has 1 heterocycles. The first-order chi connectivity index (χ1) is 11.2. The summed E-state index contributed by atoms with van der Waals surface area (Å²) < 4.78 is 21.0. The smallest absolute Gasteiger partial charge is 0.231 e. The van der Waals surface area contributed by atoms with Crippen LogP contribution in [0.2, 0.25) is 0 Å². The highest BCUT2D eigenvalue weighted by Crippen LogP contribution is 2.34. The second-order valence-electron chi connectivity index (χ2n) is 4.98. The molecule has 1 aliphatic rings. The van der Waals surface area contributed by atoms with Crippen LogP contribution in [0, 0.1) is 0 Å². The van der Waals surface area contributed by atoms with Crippen LogP contribution in [0.15, 0.2) is 36.4 Å². The zero-order valence-corrected chi connectivity index (χ0v) is 12.9. The number of amides is 1. The van der Waals surface area contributed by atoms with Crippen LogP contribution < -0.4 is 24.3 Å². The highest BCUT2D eigenvalue weighted by molar-refractivity contribution is 5.92. The molecular formula is C17H17NO5. The second kappa shape index (κ2) is 6.48. The maximum absolute atomic E-state index is 12.2. The van der Waals surface area contributed by atoms with Crippen LogP contribution in [0.25, 0.3) is 0 Å². The van der Waals surface area contributed by atoms with Gasteiger partial charge >= 0.3 is 0 Å². The van der Waals surface area contributed by atoms with Crippen LogP contribution in [0.5, 0.6) is 23.0 Å². The van der Waals surface area contributed by atoms with Crippen LogP contribution in [0.3, 0.4) is 0 Å². The number of ether oxygens (including phenoxy) is 4. The Bertz CT molecular complexity index is 729. The van der Waals surface area contributed by atoms with Gasteiger partial charge in [0.1, 0.15) is 0 Å². The lowest BCUT2D eigenvalue weighted by Crippen LogP contribution is -2.14. The Morgan fingerprint density at radius 1 is 1.04 bits per heavy atom. The summed E-state index contributed by atoms with van der Waals surface area (Å²) in [7, 11) is 3.14. The van der Waals surface area contributed by atoms with E-state index in [-0.39, 0.29) is 19.1 Å². The van der Waals surface area contributed by atoms with E-state index in [9.17, 15) is 4.79 Å². The number of nitrogens with one attached hydrogen (secondary N) is 1. The quantitative estimate of drug-likeness (QED) is 0.919. The Labute approximate surface area is 133 Å². The lowest BCUT2D eigenvalue weighted by molar-refractivity contribution is -0.115. The number of carbonyl (C=O) groups is 1. The van der Waals surface area contributed by atoms with Gasteiger partial charge in [0.25, 0.3) is 0 Å². The number of anilines is 1. The summed E-state index contributed by atoms with van der Waals surface area (Å²) in [5.41, 5.74) is 1.50. The van der Waals surface area contributed by atoms with Crippen molar-refractivity contribution in [3.63, 3.8) is 0 Å². The molecule has 1 amide bonds. The fourth-order valence-corrected chi connectivity index (χ4v) is 2.36. The lowest BCUT2D eigenvalue weighted by atomic mass is 10.1. The number of fused-ring (bicyclic) bond motifs is 1. The van der Waals surface area contributed by atoms with Crippen molar-refractivity contribution in [2.45, 2.75) is 6.42 Å². The maximum Gasteiger partial charge on any atom is 0.231 e. The minimum atomic E-state index is -0.129. The minimum Gasteiger partial charge on any atom is -0.493 e. The molecule has 6 nitrogen and oxygen atoms in total. The van der Waals surface area contributed by atoms with Gasteiger partial charge in [-0.25, -0.2) is 0 Å². The fraction of sp³-hybridized carbons (Fsp3) is 0.235. The Morgan fingerprint density at radius 3 is 2.61 bits per heavy atom. The summed E-state index contributed by atoms with van der Waals surface area (Å²) in [6.07, 6.45) is 0.231. The standard InChI is InChI=1S/C17H17NO5/c1-20-13-5-3-11(7-15(13)21-2)8-17(19)18-12-4-6-14-16(9-12)23-10-22-14/h3-7,9H,8,10H2,1-2H3,(H,18,19). The van der Waals surface area contributed by atoms with Gasteiger partial charge < -0.3 is 24.3 Å². The number of carbonyl (C=O) groups excluding carboxylic acids is 1. The van der Waals surface area contributed by atoms with Crippen LogP contribution in [-0.2, 0) is 11.2 Å². The van der Waals surface area contributed by atoms with Crippen LogP contribution in [-0.4, -0.2) is 26.9 Å². The predicted molar refractivity (Wildman–Crippen MR) is 84.4 cm³/mol. The highest BCUT2D eigenvalue weighted by atomic mass is 16.7. The van der Waals surface area contributed by atoms with Gasteiger partial charge in [-0.2, -0.15) is 0 Å². The highest BCUT2D eigenvalue weighted by Gasteiger charge is 2.14. The molecule has 0 spiro atoms. The van der Waals surface area contributed by atoms with Crippen molar-refractivity contribution in [1.82, 2.24) is 0 Å². The number of hydrogen-bond donors (Lipinski definition) is 1. The molecule has 0 bridgehead atoms. The zero-order chi connectivity index (χ0) is 16.2. The van der Waals surface area contributed by atoms with Crippen molar-refractivity contribution in [3.05, 3.63) is 42.0 Å². The van der Waals surface area contributed by atoms with Crippen molar-refractivity contribution >= 4 is 11.6 Å². The summed E-state index contributed by atoms with van der Waals surface area (Å²) >= 11 is 0. The first-order valence-electron chi connectivity index (χ1n) is 7.10. The number of rotatable bonds is 5. The van der Waals surface area contributed by atoms with E-state index < -0.39 is 0 Å². The average molecular weight is 315 g/mol. The van der Waals surface area contributed by atoms with Gasteiger partial charge in [0.2, 0.25) is 12.7 Å². The van der Waals surface area contributed by atoms with Crippen LogP contribution >= 0.6 is 0 Å². The van der Waals surface area contributed by atoms with Gasteiger partial charge in [0, 0.05) is 11.8 Å². The third-order valence-corrected chi connectivity index (χ3v) is 3.47. The molecular weight excluding hydrogens is 298 g/mol. The van der Waals surface area contributed by atoms with Crippen molar-refractivity contribution < 1.29 is 23.7 Å². The minimum absolute atomic E-state index is 0.129. The normalized spacial score (nSPS) is 11.9. The first-order valence-corrected chi connectivity index (χ1v) is 7.10. The number of benzene rings is 2. The van der Waals surface area contributed by atoms with E-state index in [2.05, 4.69) is 5.32 Å². The van der Waals surface area contributed by atoms with E-state index in [1.807, 2.05) is 6.07 Å². The Kier molecular flexibility index (Phi) is 4.23. The Balaban J connectivity index is 1.67. The van der Waals surface area contributed by atoms with E-state index in [0.29, 0.717) is 28.7 Å². The van der Waals surface area contributed by atoms with E-state index in [0.717, 1.165) is 5.56 Å². The van der Waals surface area contributed by atoms with Gasteiger partial charge in [-0.1, -0.05) is 6.07 Å². The molecule has 0 aliphatic carbocycles. The summed E-state index contributed by atoms with van der Waals surface area (Å²) in [6, 6.07) is 10.7. The summed E-state index contributed by atoms with van der Waals surface area (Å²) in [5.74, 6) is 2.42. The SMILES string of the molecule is COc1ccc(CC(=O)Nc2ccc3c(c2)OCO3)cc1OC. The molecule has 2 aromatic carbocycles. The summed E-state index contributed by atoms with van der Waals surface area (Å²) in [4.78, 5) is 12.2. The van der Waals surface area contributed by atoms with E-state index in [4.69, 9.17) is 18.9 Å². The Hall–Kier alpha value is -2.89. The van der Waals surface area contributed by atoms with Crippen LogP contribution in [0.4, 0.5) is 5.69 Å². The predicted octanol–water partition coefficient (Wildman–Crippen LogP) is 2.61. The van der Waals surface area contributed by atoms with Gasteiger partial charge in [-0.3, -0.25) is 4.79 Å². The molecule has 0 aromatic heterocycles. The largest absolute Gasteiger partial charge is 0.493 e. The molecule has 0 saturated heterocycles. The number of methoxy groups -OCH3 is 2. The van der Waals surface area contributed by atoms with Gasteiger partial charge in [-0.15, -0.1) is 0 Å². The molecule has 3 rings (SSSR count). The molecule has 120 valence electrons. The van der Waals surface area contributed by atoms with Crippen molar-refractivity contribution in [1.29, 1.82) is 0 Å². The molecule has 0 saturated carbocycles. The molecule has 1 aliphatic heterocycles. The summed E-state index contributed by atoms with van der Waals surface area (Å²) in [5, 5.41) is 2.84. The maximum atomic E-state index is 12.2. The van der Waals surface area contributed by atoms with E-state index >= 15 is 0 Å². The third kappa shape index (κ3) is 3.31. The molecule has 0 radical (unpaired) electrons. The monoisotopic (exact) mass is 315 g/mol. The second-order valence-corrected chi connectivity index (χ2v) is 4.98. The van der Waals surface area contributed by atoms with Gasteiger partial charge in [0.05, 0.1) is 20.6 Å². The molecule has 0 atom stereocenters. The molecule has 0 fully saturated rings. The zero-order valence-electron chi connectivity index (χ0n) is 12.9.